The molecule has 0 radical (unpaired) electrons. The van der Waals surface area contributed by atoms with Gasteiger partial charge < -0.3 is 5.11 Å². The Labute approximate surface area is 91.1 Å². The number of allylic oxidation sites excluding steroid dienone is 4. The Balaban J connectivity index is 3.26. The summed E-state index contributed by atoms with van der Waals surface area (Å²) >= 11 is 0. The van der Waals surface area contributed by atoms with Crippen molar-refractivity contribution in [2.24, 2.45) is 0 Å². The highest BCUT2D eigenvalue weighted by Gasteiger charge is 2.04. The van der Waals surface area contributed by atoms with E-state index in [9.17, 15) is 5.11 Å². The molecule has 0 aliphatic carbocycles. The standard InChI is InChI=1S/C14H16O/c1-4-13(11(3)14(15)5-2)12-9-7-6-8-10-12/h4-10,15H,1H2,2-3H3/b13-11+,14-5+. The van der Waals surface area contributed by atoms with E-state index in [1.54, 1.807) is 12.2 Å². The van der Waals surface area contributed by atoms with Crippen LogP contribution in [-0.4, -0.2) is 5.11 Å². The number of benzene rings is 1. The van der Waals surface area contributed by atoms with Gasteiger partial charge in [0.05, 0.1) is 0 Å². The lowest BCUT2D eigenvalue weighted by Crippen LogP contribution is -1.89. The Morgan fingerprint density at radius 3 is 2.33 bits per heavy atom. The summed E-state index contributed by atoms with van der Waals surface area (Å²) in [6.45, 7) is 7.48. The van der Waals surface area contributed by atoms with Crippen LogP contribution in [-0.2, 0) is 0 Å². The average Bonchev–Trinajstić information content (AvgIpc) is 2.30. The maximum atomic E-state index is 9.64. The molecule has 0 saturated heterocycles. The van der Waals surface area contributed by atoms with Gasteiger partial charge >= 0.3 is 0 Å². The second kappa shape index (κ2) is 5.20. The lowest BCUT2D eigenvalue weighted by atomic mass is 9.99. The first-order valence-electron chi connectivity index (χ1n) is 4.95. The van der Waals surface area contributed by atoms with Crippen LogP contribution in [0.4, 0.5) is 0 Å². The highest BCUT2D eigenvalue weighted by molar-refractivity contribution is 5.78. The van der Waals surface area contributed by atoms with Gasteiger partial charge in [-0.2, -0.15) is 0 Å². The first-order chi connectivity index (χ1) is 7.20. The van der Waals surface area contributed by atoms with Crippen molar-refractivity contribution < 1.29 is 5.11 Å². The van der Waals surface area contributed by atoms with E-state index in [0.29, 0.717) is 5.76 Å². The highest BCUT2D eigenvalue weighted by Crippen LogP contribution is 2.22. The Bertz CT molecular complexity index is 397. The van der Waals surface area contributed by atoms with E-state index in [1.165, 1.54) is 0 Å². The van der Waals surface area contributed by atoms with Gasteiger partial charge in [-0.05, 0) is 36.6 Å². The third-order valence-electron chi connectivity index (χ3n) is 2.35. The van der Waals surface area contributed by atoms with Crippen LogP contribution >= 0.6 is 0 Å². The number of aliphatic hydroxyl groups excluding tert-OH is 1. The third kappa shape index (κ3) is 2.59. The topological polar surface area (TPSA) is 20.2 Å². The smallest absolute Gasteiger partial charge is 0.114 e. The van der Waals surface area contributed by atoms with Gasteiger partial charge in [-0.3, -0.25) is 0 Å². The molecule has 78 valence electrons. The van der Waals surface area contributed by atoms with Crippen molar-refractivity contribution in [1.29, 1.82) is 0 Å². The molecule has 0 unspecified atom stereocenters. The quantitative estimate of drug-likeness (QED) is 0.575. The molecule has 1 rings (SSSR count). The zero-order valence-corrected chi connectivity index (χ0v) is 9.20. The SMILES string of the molecule is C=C/C(=C(C)\C(O)=C/C)c1ccccc1. The van der Waals surface area contributed by atoms with Crippen LogP contribution in [0.2, 0.25) is 0 Å². The highest BCUT2D eigenvalue weighted by atomic mass is 16.3. The van der Waals surface area contributed by atoms with Gasteiger partial charge in [0.1, 0.15) is 5.76 Å². The van der Waals surface area contributed by atoms with Crippen molar-refractivity contribution in [3.05, 3.63) is 66.0 Å². The van der Waals surface area contributed by atoms with E-state index >= 15 is 0 Å². The maximum Gasteiger partial charge on any atom is 0.114 e. The fourth-order valence-electron chi connectivity index (χ4n) is 1.46. The molecule has 0 aliphatic rings. The minimum Gasteiger partial charge on any atom is -0.508 e. The van der Waals surface area contributed by atoms with E-state index in [-0.39, 0.29) is 0 Å². The van der Waals surface area contributed by atoms with E-state index in [2.05, 4.69) is 6.58 Å². The molecular formula is C14H16O. The van der Waals surface area contributed by atoms with Crippen molar-refractivity contribution in [3.63, 3.8) is 0 Å². The van der Waals surface area contributed by atoms with Gasteiger partial charge in [-0.25, -0.2) is 0 Å². The lowest BCUT2D eigenvalue weighted by Gasteiger charge is -2.07. The van der Waals surface area contributed by atoms with Gasteiger partial charge in [0.25, 0.3) is 0 Å². The Hall–Kier alpha value is -1.76. The van der Waals surface area contributed by atoms with Gasteiger partial charge in [0.2, 0.25) is 0 Å². The number of hydrogen-bond acceptors (Lipinski definition) is 1. The minimum atomic E-state index is 0.300. The Kier molecular flexibility index (Phi) is 3.92. The summed E-state index contributed by atoms with van der Waals surface area (Å²) in [6.07, 6.45) is 3.45. The van der Waals surface area contributed by atoms with Crippen LogP contribution in [0.25, 0.3) is 5.57 Å². The molecule has 1 aromatic rings. The second-order valence-corrected chi connectivity index (χ2v) is 3.28. The fraction of sp³-hybridized carbons (Fsp3) is 0.143. The summed E-state index contributed by atoms with van der Waals surface area (Å²) in [6, 6.07) is 9.92. The maximum absolute atomic E-state index is 9.64. The first-order valence-corrected chi connectivity index (χ1v) is 4.95. The lowest BCUT2D eigenvalue weighted by molar-refractivity contribution is 0.423. The first kappa shape index (κ1) is 11.3. The molecule has 0 bridgehead atoms. The molecule has 15 heavy (non-hydrogen) atoms. The molecular weight excluding hydrogens is 184 g/mol. The van der Waals surface area contributed by atoms with Crippen LogP contribution in [0.1, 0.15) is 19.4 Å². The predicted octanol–water partition coefficient (Wildman–Crippen LogP) is 4.11. The molecule has 0 aliphatic heterocycles. The van der Waals surface area contributed by atoms with Crippen LogP contribution in [0.3, 0.4) is 0 Å². The van der Waals surface area contributed by atoms with E-state index < -0.39 is 0 Å². The van der Waals surface area contributed by atoms with Crippen molar-refractivity contribution >= 4 is 5.57 Å². The summed E-state index contributed by atoms with van der Waals surface area (Å²) in [5.74, 6) is 0.300. The molecule has 1 heteroatoms. The van der Waals surface area contributed by atoms with Crippen molar-refractivity contribution in [2.75, 3.05) is 0 Å². The Morgan fingerprint density at radius 1 is 1.27 bits per heavy atom. The molecule has 0 spiro atoms. The van der Waals surface area contributed by atoms with Gasteiger partial charge in [0, 0.05) is 0 Å². The fourth-order valence-corrected chi connectivity index (χ4v) is 1.46. The molecule has 0 atom stereocenters. The van der Waals surface area contributed by atoms with Crippen molar-refractivity contribution in [3.8, 4) is 0 Å². The number of hydrogen-bond donors (Lipinski definition) is 1. The summed E-state index contributed by atoms with van der Waals surface area (Å²) in [5, 5.41) is 9.64. The van der Waals surface area contributed by atoms with Crippen molar-refractivity contribution in [2.45, 2.75) is 13.8 Å². The Morgan fingerprint density at radius 2 is 1.87 bits per heavy atom. The van der Waals surface area contributed by atoms with E-state index in [4.69, 9.17) is 0 Å². The number of rotatable bonds is 3. The van der Waals surface area contributed by atoms with Crippen LogP contribution < -0.4 is 0 Å². The molecule has 0 aromatic heterocycles. The molecule has 0 heterocycles. The molecule has 1 N–H and O–H groups in total. The molecule has 1 aromatic carbocycles. The van der Waals surface area contributed by atoms with E-state index in [1.807, 2.05) is 44.2 Å². The zero-order valence-electron chi connectivity index (χ0n) is 9.20. The summed E-state index contributed by atoms with van der Waals surface area (Å²) in [4.78, 5) is 0. The summed E-state index contributed by atoms with van der Waals surface area (Å²) in [5.41, 5.74) is 2.88. The predicted molar refractivity (Wildman–Crippen MR) is 65.6 cm³/mol. The molecule has 0 amide bonds. The third-order valence-corrected chi connectivity index (χ3v) is 2.35. The normalized spacial score (nSPS) is 13.3. The number of aliphatic hydroxyl groups is 1. The average molecular weight is 200 g/mol. The monoisotopic (exact) mass is 200 g/mol. The van der Waals surface area contributed by atoms with Gasteiger partial charge in [-0.1, -0.05) is 43.0 Å². The van der Waals surface area contributed by atoms with Gasteiger partial charge in [-0.15, -0.1) is 0 Å². The molecule has 0 saturated carbocycles. The summed E-state index contributed by atoms with van der Waals surface area (Å²) in [7, 11) is 0. The van der Waals surface area contributed by atoms with Crippen LogP contribution in [0, 0.1) is 0 Å². The van der Waals surface area contributed by atoms with Gasteiger partial charge in [0.15, 0.2) is 0 Å². The van der Waals surface area contributed by atoms with Crippen molar-refractivity contribution in [1.82, 2.24) is 0 Å². The van der Waals surface area contributed by atoms with E-state index in [0.717, 1.165) is 16.7 Å². The van der Waals surface area contributed by atoms with Crippen LogP contribution in [0.15, 0.2) is 60.4 Å². The summed E-state index contributed by atoms with van der Waals surface area (Å²) < 4.78 is 0. The largest absolute Gasteiger partial charge is 0.508 e. The minimum absolute atomic E-state index is 0.300. The molecule has 1 nitrogen and oxygen atoms in total. The molecule has 0 fully saturated rings. The zero-order chi connectivity index (χ0) is 11.3. The second-order valence-electron chi connectivity index (χ2n) is 3.28. The van der Waals surface area contributed by atoms with Crippen LogP contribution in [0.5, 0.6) is 0 Å².